The van der Waals surface area contributed by atoms with E-state index in [1.165, 1.54) is 0 Å². The van der Waals surface area contributed by atoms with Gasteiger partial charge in [0.2, 0.25) is 0 Å². The van der Waals surface area contributed by atoms with Crippen molar-refractivity contribution in [2.24, 2.45) is 5.92 Å². The predicted molar refractivity (Wildman–Crippen MR) is 69.9 cm³/mol. The molecule has 1 saturated heterocycles. The molecule has 2 aliphatic rings. The SMILES string of the molecule is CC(=O)[C@H]1CC[C@H](NC(=O)OC2CCOCC2)CC1. The first-order chi connectivity index (χ1) is 9.15. The van der Waals surface area contributed by atoms with Gasteiger partial charge in [-0.2, -0.15) is 0 Å². The second kappa shape index (κ2) is 6.89. The fraction of sp³-hybridized carbons (Fsp3) is 0.857. The van der Waals surface area contributed by atoms with Gasteiger partial charge in [0, 0.05) is 24.8 Å². The molecule has 1 aliphatic heterocycles. The number of ether oxygens (including phenoxy) is 2. The quantitative estimate of drug-likeness (QED) is 0.851. The molecule has 0 bridgehead atoms. The minimum absolute atomic E-state index is 0.0118. The molecule has 5 nitrogen and oxygen atoms in total. The van der Waals surface area contributed by atoms with Crippen LogP contribution in [0.1, 0.15) is 45.4 Å². The van der Waals surface area contributed by atoms with Gasteiger partial charge in [0.05, 0.1) is 13.2 Å². The van der Waals surface area contributed by atoms with Crippen LogP contribution >= 0.6 is 0 Å². The summed E-state index contributed by atoms with van der Waals surface area (Å²) in [5, 5.41) is 2.91. The second-order valence-corrected chi connectivity index (χ2v) is 5.52. The number of hydrogen-bond donors (Lipinski definition) is 1. The molecule has 19 heavy (non-hydrogen) atoms. The third kappa shape index (κ3) is 4.49. The van der Waals surface area contributed by atoms with Gasteiger partial charge in [0.25, 0.3) is 0 Å². The Bertz CT molecular complexity index is 317. The number of rotatable bonds is 3. The van der Waals surface area contributed by atoms with Crippen LogP contribution in [0.4, 0.5) is 4.79 Å². The van der Waals surface area contributed by atoms with Crippen LogP contribution < -0.4 is 5.32 Å². The average Bonchev–Trinajstić information content (AvgIpc) is 2.40. The van der Waals surface area contributed by atoms with Crippen LogP contribution in [0.25, 0.3) is 0 Å². The first-order valence-corrected chi connectivity index (χ1v) is 7.20. The minimum Gasteiger partial charge on any atom is -0.446 e. The third-order valence-electron chi connectivity index (χ3n) is 4.07. The molecule has 1 heterocycles. The van der Waals surface area contributed by atoms with Crippen molar-refractivity contribution in [3.8, 4) is 0 Å². The monoisotopic (exact) mass is 269 g/mol. The second-order valence-electron chi connectivity index (χ2n) is 5.52. The maximum atomic E-state index is 11.8. The van der Waals surface area contributed by atoms with Gasteiger partial charge >= 0.3 is 6.09 Å². The number of Topliss-reactive ketones (excluding diaryl/α,β-unsaturated/α-hetero) is 1. The van der Waals surface area contributed by atoms with E-state index in [4.69, 9.17) is 9.47 Å². The average molecular weight is 269 g/mol. The summed E-state index contributed by atoms with van der Waals surface area (Å²) in [4.78, 5) is 23.0. The summed E-state index contributed by atoms with van der Waals surface area (Å²) in [5.74, 6) is 0.452. The van der Waals surface area contributed by atoms with E-state index in [0.29, 0.717) is 13.2 Å². The van der Waals surface area contributed by atoms with Crippen molar-refractivity contribution >= 4 is 11.9 Å². The Hall–Kier alpha value is -1.10. The van der Waals surface area contributed by atoms with Crippen molar-refractivity contribution in [3.05, 3.63) is 0 Å². The number of carbonyl (C=O) groups excluding carboxylic acids is 2. The summed E-state index contributed by atoms with van der Waals surface area (Å²) < 4.78 is 10.6. The highest BCUT2D eigenvalue weighted by atomic mass is 16.6. The van der Waals surface area contributed by atoms with Crippen molar-refractivity contribution in [3.63, 3.8) is 0 Å². The van der Waals surface area contributed by atoms with E-state index in [-0.39, 0.29) is 29.9 Å². The zero-order valence-corrected chi connectivity index (χ0v) is 11.5. The molecule has 0 aromatic heterocycles. The highest BCUT2D eigenvalue weighted by Crippen LogP contribution is 2.25. The summed E-state index contributed by atoms with van der Waals surface area (Å²) in [5.41, 5.74) is 0. The summed E-state index contributed by atoms with van der Waals surface area (Å²) in [7, 11) is 0. The van der Waals surface area contributed by atoms with Gasteiger partial charge in [-0.3, -0.25) is 4.79 Å². The van der Waals surface area contributed by atoms with Crippen molar-refractivity contribution in [1.29, 1.82) is 0 Å². The van der Waals surface area contributed by atoms with E-state index < -0.39 is 0 Å². The van der Waals surface area contributed by atoms with Gasteiger partial charge < -0.3 is 14.8 Å². The van der Waals surface area contributed by atoms with Gasteiger partial charge in [-0.1, -0.05) is 0 Å². The van der Waals surface area contributed by atoms with Gasteiger partial charge in [-0.15, -0.1) is 0 Å². The number of alkyl carbamates (subject to hydrolysis) is 1. The van der Waals surface area contributed by atoms with E-state index >= 15 is 0 Å². The Morgan fingerprint density at radius 3 is 2.26 bits per heavy atom. The number of nitrogens with one attached hydrogen (secondary N) is 1. The van der Waals surface area contributed by atoms with Gasteiger partial charge in [-0.05, 0) is 32.6 Å². The highest BCUT2D eigenvalue weighted by Gasteiger charge is 2.26. The van der Waals surface area contributed by atoms with Crippen LogP contribution in [0.2, 0.25) is 0 Å². The third-order valence-corrected chi connectivity index (χ3v) is 4.07. The Morgan fingerprint density at radius 1 is 1.05 bits per heavy atom. The Labute approximate surface area is 114 Å². The molecule has 0 atom stereocenters. The Balaban J connectivity index is 1.67. The first kappa shape index (κ1) is 14.3. The zero-order valence-electron chi connectivity index (χ0n) is 11.5. The molecule has 1 amide bonds. The molecule has 1 N–H and O–H groups in total. The standard InChI is InChI=1S/C14H23NO4/c1-10(16)11-2-4-12(5-3-11)15-14(17)19-13-6-8-18-9-7-13/h11-13H,2-9H2,1H3,(H,15,17)/t11-,12-. The van der Waals surface area contributed by atoms with Crippen LogP contribution in [0, 0.1) is 5.92 Å². The molecular formula is C14H23NO4. The fourth-order valence-corrected chi connectivity index (χ4v) is 2.79. The van der Waals surface area contributed by atoms with E-state index in [1.54, 1.807) is 6.92 Å². The molecule has 2 fully saturated rings. The van der Waals surface area contributed by atoms with Crippen molar-refractivity contribution < 1.29 is 19.1 Å². The Kier molecular flexibility index (Phi) is 5.19. The zero-order chi connectivity index (χ0) is 13.7. The van der Waals surface area contributed by atoms with Crippen LogP contribution in [-0.4, -0.2) is 37.2 Å². The molecule has 108 valence electrons. The fourth-order valence-electron chi connectivity index (χ4n) is 2.79. The number of carbonyl (C=O) groups is 2. The summed E-state index contributed by atoms with van der Waals surface area (Å²) in [6, 6.07) is 0.156. The van der Waals surface area contributed by atoms with Crippen molar-refractivity contribution in [2.75, 3.05) is 13.2 Å². The molecule has 1 saturated carbocycles. The van der Waals surface area contributed by atoms with Crippen LogP contribution in [0.15, 0.2) is 0 Å². The molecule has 0 radical (unpaired) electrons. The van der Waals surface area contributed by atoms with E-state index in [2.05, 4.69) is 5.32 Å². The van der Waals surface area contributed by atoms with Crippen LogP contribution in [0.3, 0.4) is 0 Å². The van der Waals surface area contributed by atoms with Crippen LogP contribution in [0.5, 0.6) is 0 Å². The molecule has 1 aliphatic carbocycles. The van der Waals surface area contributed by atoms with Gasteiger partial charge in [0.15, 0.2) is 0 Å². The lowest BCUT2D eigenvalue weighted by Gasteiger charge is -2.28. The van der Waals surface area contributed by atoms with E-state index in [9.17, 15) is 9.59 Å². The molecule has 2 rings (SSSR count). The number of ketones is 1. The lowest BCUT2D eigenvalue weighted by atomic mass is 9.84. The summed E-state index contributed by atoms with van der Waals surface area (Å²) in [6.07, 6.45) is 4.71. The van der Waals surface area contributed by atoms with Crippen molar-refractivity contribution in [1.82, 2.24) is 5.32 Å². The van der Waals surface area contributed by atoms with E-state index in [1.807, 2.05) is 0 Å². The lowest BCUT2D eigenvalue weighted by Crippen LogP contribution is -2.40. The predicted octanol–water partition coefficient (Wildman–Crippen LogP) is 2.04. The molecular weight excluding hydrogens is 246 g/mol. The molecule has 0 aromatic rings. The summed E-state index contributed by atoms with van der Waals surface area (Å²) >= 11 is 0. The molecule has 0 spiro atoms. The van der Waals surface area contributed by atoms with Gasteiger partial charge in [-0.25, -0.2) is 4.79 Å². The molecule has 5 heteroatoms. The Morgan fingerprint density at radius 2 is 1.68 bits per heavy atom. The maximum absolute atomic E-state index is 11.8. The first-order valence-electron chi connectivity index (χ1n) is 7.20. The highest BCUT2D eigenvalue weighted by molar-refractivity contribution is 5.78. The minimum atomic E-state index is -0.321. The molecule has 0 unspecified atom stereocenters. The maximum Gasteiger partial charge on any atom is 0.407 e. The normalized spacial score (nSPS) is 28.7. The molecule has 0 aromatic carbocycles. The van der Waals surface area contributed by atoms with Crippen LogP contribution in [-0.2, 0) is 14.3 Å². The van der Waals surface area contributed by atoms with E-state index in [0.717, 1.165) is 38.5 Å². The largest absolute Gasteiger partial charge is 0.446 e. The smallest absolute Gasteiger partial charge is 0.407 e. The number of hydrogen-bond acceptors (Lipinski definition) is 4. The number of amides is 1. The topological polar surface area (TPSA) is 64.6 Å². The van der Waals surface area contributed by atoms with Crippen molar-refractivity contribution in [2.45, 2.75) is 57.6 Å². The van der Waals surface area contributed by atoms with Gasteiger partial charge in [0.1, 0.15) is 11.9 Å². The lowest BCUT2D eigenvalue weighted by molar-refractivity contribution is -0.121. The summed E-state index contributed by atoms with van der Waals surface area (Å²) in [6.45, 7) is 2.99.